The van der Waals surface area contributed by atoms with Gasteiger partial charge in [-0.1, -0.05) is 19.3 Å². The molecule has 8 heteroatoms. The Bertz CT molecular complexity index is 989. The molecule has 1 aliphatic carbocycles. The van der Waals surface area contributed by atoms with E-state index in [0.717, 1.165) is 36.2 Å². The van der Waals surface area contributed by atoms with Gasteiger partial charge in [0.2, 0.25) is 0 Å². The lowest BCUT2D eigenvalue weighted by Crippen LogP contribution is -2.31. The van der Waals surface area contributed by atoms with Crippen molar-refractivity contribution in [2.24, 2.45) is 5.92 Å². The molecule has 3 aromatic heterocycles. The maximum atomic E-state index is 13.1. The van der Waals surface area contributed by atoms with Gasteiger partial charge in [-0.25, -0.2) is 14.6 Å². The Morgan fingerprint density at radius 1 is 1.26 bits per heavy atom. The number of rotatable bonds is 9. The van der Waals surface area contributed by atoms with Gasteiger partial charge in [0.05, 0.1) is 29.2 Å². The number of pyridine rings is 1. The van der Waals surface area contributed by atoms with E-state index in [1.54, 1.807) is 18.7 Å². The van der Waals surface area contributed by atoms with Crippen LogP contribution in [0.1, 0.15) is 62.7 Å². The third-order valence-corrected chi connectivity index (χ3v) is 6.38. The van der Waals surface area contributed by atoms with E-state index in [4.69, 9.17) is 0 Å². The molecule has 2 N–H and O–H groups in total. The van der Waals surface area contributed by atoms with E-state index in [9.17, 15) is 4.79 Å². The highest BCUT2D eigenvalue weighted by Crippen LogP contribution is 2.32. The topological polar surface area (TPSA) is 89.7 Å². The van der Waals surface area contributed by atoms with E-state index >= 15 is 0 Å². The summed E-state index contributed by atoms with van der Waals surface area (Å²) in [5.41, 5.74) is 2.26. The number of carbonyl (C=O) groups is 1. The minimum Gasteiger partial charge on any atom is -0.381 e. The SMILES string of the molecule is CCn1ncc2c(N[C@H](C)C3CCCCC3)c(C(=O)NCCCn3ccnc3)cnc21. The minimum absolute atomic E-state index is 0.0948. The van der Waals surface area contributed by atoms with Gasteiger partial charge in [-0.3, -0.25) is 4.79 Å². The molecule has 0 unspecified atom stereocenters. The number of hydrogen-bond acceptors (Lipinski definition) is 5. The molecule has 0 saturated heterocycles. The van der Waals surface area contributed by atoms with Crippen LogP contribution in [-0.4, -0.2) is 42.8 Å². The van der Waals surface area contributed by atoms with E-state index < -0.39 is 0 Å². The first kappa shape index (κ1) is 21.3. The first-order valence-corrected chi connectivity index (χ1v) is 11.5. The third kappa shape index (κ3) is 4.89. The fraction of sp³-hybridized carbons (Fsp3) is 0.565. The zero-order chi connectivity index (χ0) is 21.6. The molecular formula is C23H33N7O. The van der Waals surface area contributed by atoms with Crippen LogP contribution in [0.2, 0.25) is 0 Å². The van der Waals surface area contributed by atoms with E-state index in [0.29, 0.717) is 24.1 Å². The molecule has 1 saturated carbocycles. The van der Waals surface area contributed by atoms with Crippen LogP contribution in [0.5, 0.6) is 0 Å². The van der Waals surface area contributed by atoms with Crippen LogP contribution in [0.4, 0.5) is 5.69 Å². The molecule has 8 nitrogen and oxygen atoms in total. The first-order chi connectivity index (χ1) is 15.2. The van der Waals surface area contributed by atoms with Gasteiger partial charge in [0.25, 0.3) is 5.91 Å². The van der Waals surface area contributed by atoms with Gasteiger partial charge in [0.1, 0.15) is 0 Å². The summed E-state index contributed by atoms with van der Waals surface area (Å²) in [5, 5.41) is 12.1. The summed E-state index contributed by atoms with van der Waals surface area (Å²) in [4.78, 5) is 21.7. The van der Waals surface area contributed by atoms with Gasteiger partial charge in [0, 0.05) is 44.3 Å². The van der Waals surface area contributed by atoms with Gasteiger partial charge >= 0.3 is 0 Å². The van der Waals surface area contributed by atoms with Gasteiger partial charge in [-0.2, -0.15) is 5.10 Å². The first-order valence-electron chi connectivity index (χ1n) is 11.5. The van der Waals surface area contributed by atoms with Crippen molar-refractivity contribution in [1.82, 2.24) is 29.6 Å². The van der Waals surface area contributed by atoms with Gasteiger partial charge < -0.3 is 15.2 Å². The Hall–Kier alpha value is -2.90. The number of nitrogens with one attached hydrogen (secondary N) is 2. The van der Waals surface area contributed by atoms with Crippen molar-refractivity contribution in [1.29, 1.82) is 0 Å². The summed E-state index contributed by atoms with van der Waals surface area (Å²) in [6.07, 6.45) is 16.3. The number of carbonyl (C=O) groups excluding carboxylic acids is 1. The highest BCUT2D eigenvalue weighted by atomic mass is 16.1. The molecule has 1 aliphatic rings. The quantitative estimate of drug-likeness (QED) is 0.510. The average Bonchev–Trinajstić information content (AvgIpc) is 3.47. The fourth-order valence-electron chi connectivity index (χ4n) is 4.54. The second-order valence-electron chi connectivity index (χ2n) is 8.49. The molecule has 1 amide bonds. The minimum atomic E-state index is -0.0948. The summed E-state index contributed by atoms with van der Waals surface area (Å²) in [7, 11) is 0. The molecule has 3 aromatic rings. The van der Waals surface area contributed by atoms with Crippen molar-refractivity contribution in [3.8, 4) is 0 Å². The maximum absolute atomic E-state index is 13.1. The smallest absolute Gasteiger partial charge is 0.254 e. The van der Waals surface area contributed by atoms with Crippen molar-refractivity contribution < 1.29 is 4.79 Å². The number of amides is 1. The molecule has 1 fully saturated rings. The van der Waals surface area contributed by atoms with Crippen LogP contribution in [-0.2, 0) is 13.1 Å². The highest BCUT2D eigenvalue weighted by Gasteiger charge is 2.24. The second kappa shape index (κ2) is 9.94. The molecule has 1 atom stereocenters. The molecule has 0 spiro atoms. The predicted octanol–water partition coefficient (Wildman–Crippen LogP) is 3.85. The van der Waals surface area contributed by atoms with Gasteiger partial charge in [-0.05, 0) is 39.0 Å². The normalized spacial score (nSPS) is 15.8. The lowest BCUT2D eigenvalue weighted by Gasteiger charge is -2.29. The zero-order valence-electron chi connectivity index (χ0n) is 18.5. The van der Waals surface area contributed by atoms with Gasteiger partial charge in [-0.15, -0.1) is 0 Å². The number of imidazole rings is 1. The van der Waals surface area contributed by atoms with Crippen LogP contribution in [0.25, 0.3) is 11.0 Å². The Morgan fingerprint density at radius 2 is 2.10 bits per heavy atom. The summed E-state index contributed by atoms with van der Waals surface area (Å²) in [6, 6.07) is 0.295. The molecule has 0 aromatic carbocycles. The van der Waals surface area contributed by atoms with Crippen molar-refractivity contribution in [2.75, 3.05) is 11.9 Å². The van der Waals surface area contributed by atoms with Crippen LogP contribution >= 0.6 is 0 Å². The van der Waals surface area contributed by atoms with Crippen LogP contribution in [0, 0.1) is 5.92 Å². The molecule has 3 heterocycles. The second-order valence-corrected chi connectivity index (χ2v) is 8.49. The largest absolute Gasteiger partial charge is 0.381 e. The van der Waals surface area contributed by atoms with E-state index in [-0.39, 0.29) is 5.91 Å². The van der Waals surface area contributed by atoms with Crippen LogP contribution < -0.4 is 10.6 Å². The third-order valence-electron chi connectivity index (χ3n) is 6.38. The summed E-state index contributed by atoms with van der Waals surface area (Å²) in [5.74, 6) is 0.534. The molecule has 0 radical (unpaired) electrons. The molecule has 0 bridgehead atoms. The van der Waals surface area contributed by atoms with Gasteiger partial charge in [0.15, 0.2) is 5.65 Å². The summed E-state index contributed by atoms with van der Waals surface area (Å²) < 4.78 is 3.89. The van der Waals surface area contributed by atoms with E-state index in [1.807, 2.05) is 28.6 Å². The molecule has 4 rings (SSSR count). The van der Waals surface area contributed by atoms with Crippen molar-refractivity contribution in [3.05, 3.63) is 36.7 Å². The summed E-state index contributed by atoms with van der Waals surface area (Å²) >= 11 is 0. The van der Waals surface area contributed by atoms with Crippen molar-refractivity contribution in [3.63, 3.8) is 0 Å². The molecule has 31 heavy (non-hydrogen) atoms. The Balaban J connectivity index is 1.51. The number of aromatic nitrogens is 5. The van der Waals surface area contributed by atoms with Crippen LogP contribution in [0.3, 0.4) is 0 Å². The lowest BCUT2D eigenvalue weighted by molar-refractivity contribution is 0.0953. The van der Waals surface area contributed by atoms with Crippen LogP contribution in [0.15, 0.2) is 31.1 Å². The Labute approximate surface area is 183 Å². The number of anilines is 1. The standard InChI is InChI=1S/C23H33N7O/c1-3-30-22-19(15-27-30)21(28-17(2)18-8-5-4-6-9-18)20(14-26-22)23(31)25-10-7-12-29-13-11-24-16-29/h11,13-18H,3-10,12H2,1-2H3,(H,25,31)(H,26,28)/t17-/m1/s1. The monoisotopic (exact) mass is 423 g/mol. The zero-order valence-corrected chi connectivity index (χ0v) is 18.5. The average molecular weight is 424 g/mol. The number of hydrogen-bond donors (Lipinski definition) is 2. The summed E-state index contributed by atoms with van der Waals surface area (Å²) in [6.45, 7) is 6.45. The van der Waals surface area contributed by atoms with Crippen molar-refractivity contribution in [2.45, 2.75) is 71.5 Å². The number of nitrogens with zero attached hydrogens (tertiary/aromatic N) is 5. The molecule has 0 aliphatic heterocycles. The van der Waals surface area contributed by atoms with E-state index in [1.165, 1.54) is 32.1 Å². The van der Waals surface area contributed by atoms with E-state index in [2.05, 4.69) is 32.6 Å². The fourth-order valence-corrected chi connectivity index (χ4v) is 4.54. The lowest BCUT2D eigenvalue weighted by atomic mass is 9.84. The number of aryl methyl sites for hydroxylation is 2. The maximum Gasteiger partial charge on any atom is 0.254 e. The molecule has 166 valence electrons. The predicted molar refractivity (Wildman–Crippen MR) is 122 cm³/mol. The Kier molecular flexibility index (Phi) is 6.84. The Morgan fingerprint density at radius 3 is 2.84 bits per heavy atom. The number of fused-ring (bicyclic) bond motifs is 1. The molecular weight excluding hydrogens is 390 g/mol. The highest BCUT2D eigenvalue weighted by molar-refractivity contribution is 6.06. The van der Waals surface area contributed by atoms with Crippen molar-refractivity contribution >= 4 is 22.6 Å².